The van der Waals surface area contributed by atoms with E-state index in [1.807, 2.05) is 24.3 Å². The number of nitrogens with two attached hydrogens (primary N) is 1. The molecule has 2 aromatic rings. The second-order valence-corrected chi connectivity index (χ2v) is 8.65. The maximum Gasteiger partial charge on any atom is 0.229 e. The number of anilines is 2. The molecule has 28 heavy (non-hydrogen) atoms. The first-order valence-electron chi connectivity index (χ1n) is 9.34. The molecule has 6 nitrogen and oxygen atoms in total. The van der Waals surface area contributed by atoms with Gasteiger partial charge in [0.05, 0.1) is 11.9 Å². The molecule has 148 valence electrons. The highest BCUT2D eigenvalue weighted by Gasteiger charge is 2.11. The minimum Gasteiger partial charge on any atom is -0.404 e. The van der Waals surface area contributed by atoms with Gasteiger partial charge in [-0.3, -0.25) is 9.71 Å². The molecule has 2 aromatic carbocycles. The maximum absolute atomic E-state index is 11.3. The largest absolute Gasteiger partial charge is 0.404 e. The van der Waals surface area contributed by atoms with Gasteiger partial charge in [-0.2, -0.15) is 0 Å². The highest BCUT2D eigenvalue weighted by Crippen LogP contribution is 2.25. The summed E-state index contributed by atoms with van der Waals surface area (Å²) in [5, 5.41) is 0. The molecule has 1 fully saturated rings. The Hall–Kier alpha value is -2.80. The summed E-state index contributed by atoms with van der Waals surface area (Å²) >= 11 is 0. The summed E-state index contributed by atoms with van der Waals surface area (Å²) < 4.78 is 25.1. The van der Waals surface area contributed by atoms with Gasteiger partial charge in [0, 0.05) is 42.5 Å². The van der Waals surface area contributed by atoms with Crippen molar-refractivity contribution in [1.29, 1.82) is 0 Å². The number of nitrogens with zero attached hydrogens (tertiary/aromatic N) is 2. The van der Waals surface area contributed by atoms with Crippen LogP contribution in [0.15, 0.2) is 59.7 Å². The average molecular weight is 399 g/mol. The second-order valence-electron chi connectivity index (χ2n) is 6.90. The first-order chi connectivity index (χ1) is 13.4. The third-order valence-electron chi connectivity index (χ3n) is 4.60. The number of aliphatic imine (C=N–C) groups is 1. The fourth-order valence-electron chi connectivity index (χ4n) is 3.22. The lowest BCUT2D eigenvalue weighted by Gasteiger charge is -2.28. The first-order valence-corrected chi connectivity index (χ1v) is 11.2. The van der Waals surface area contributed by atoms with Gasteiger partial charge in [-0.1, -0.05) is 18.2 Å². The van der Waals surface area contributed by atoms with Crippen LogP contribution in [0.4, 0.5) is 17.1 Å². The van der Waals surface area contributed by atoms with Crippen LogP contribution < -0.4 is 15.4 Å². The quantitative estimate of drug-likeness (QED) is 0.726. The molecule has 0 spiro atoms. The number of hydrogen-bond acceptors (Lipinski definition) is 5. The first kappa shape index (κ1) is 19.9. The van der Waals surface area contributed by atoms with Gasteiger partial charge in [-0.15, -0.1) is 0 Å². The van der Waals surface area contributed by atoms with E-state index in [1.165, 1.54) is 31.1 Å². The molecule has 0 atom stereocenters. The van der Waals surface area contributed by atoms with E-state index in [-0.39, 0.29) is 0 Å². The van der Waals surface area contributed by atoms with E-state index in [9.17, 15) is 8.42 Å². The lowest BCUT2D eigenvalue weighted by molar-refractivity contribution is 0.578. The molecule has 3 N–H and O–H groups in total. The number of allylic oxidation sites excluding steroid dienone is 1. The molecule has 1 aliphatic heterocycles. The Morgan fingerprint density at radius 3 is 2.46 bits per heavy atom. The number of hydrogen-bond donors (Lipinski definition) is 2. The van der Waals surface area contributed by atoms with Crippen LogP contribution in [0.25, 0.3) is 5.57 Å². The number of sulfonamides is 1. The zero-order valence-electron chi connectivity index (χ0n) is 16.0. The number of rotatable bonds is 6. The normalized spacial score (nSPS) is 15.8. The molecule has 0 amide bonds. The average Bonchev–Trinajstić information content (AvgIpc) is 2.69. The van der Waals surface area contributed by atoms with E-state index in [2.05, 4.69) is 26.7 Å². The summed E-state index contributed by atoms with van der Waals surface area (Å²) in [6.07, 6.45) is 8.12. The third kappa shape index (κ3) is 5.60. The molecule has 0 unspecified atom stereocenters. The zero-order chi connectivity index (χ0) is 20.0. The van der Waals surface area contributed by atoms with Gasteiger partial charge in [-0.25, -0.2) is 8.42 Å². The van der Waals surface area contributed by atoms with Crippen molar-refractivity contribution in [1.82, 2.24) is 0 Å². The van der Waals surface area contributed by atoms with Crippen molar-refractivity contribution >= 4 is 38.9 Å². The van der Waals surface area contributed by atoms with Gasteiger partial charge >= 0.3 is 0 Å². The van der Waals surface area contributed by atoms with Gasteiger partial charge in [-0.05, 0) is 55.2 Å². The summed E-state index contributed by atoms with van der Waals surface area (Å²) in [4.78, 5) is 6.98. The maximum atomic E-state index is 11.3. The summed E-state index contributed by atoms with van der Waals surface area (Å²) in [7, 11) is -3.30. The van der Waals surface area contributed by atoms with Crippen LogP contribution in [0, 0.1) is 0 Å². The smallest absolute Gasteiger partial charge is 0.229 e. The highest BCUT2D eigenvalue weighted by atomic mass is 32.2. The fraction of sp³-hybridized carbons (Fsp3) is 0.286. The number of benzene rings is 2. The van der Waals surface area contributed by atoms with Gasteiger partial charge in [0.1, 0.15) is 0 Å². The zero-order valence-corrected chi connectivity index (χ0v) is 16.8. The van der Waals surface area contributed by atoms with E-state index < -0.39 is 10.0 Å². The Balaban J connectivity index is 1.73. The van der Waals surface area contributed by atoms with Crippen molar-refractivity contribution in [2.45, 2.75) is 19.3 Å². The molecule has 1 aliphatic rings. The number of piperidine rings is 1. The lowest BCUT2D eigenvalue weighted by atomic mass is 10.1. The molecule has 1 heterocycles. The summed E-state index contributed by atoms with van der Waals surface area (Å²) in [6, 6.07) is 15.2. The van der Waals surface area contributed by atoms with Crippen LogP contribution >= 0.6 is 0 Å². The lowest BCUT2D eigenvalue weighted by Crippen LogP contribution is -2.29. The van der Waals surface area contributed by atoms with Crippen LogP contribution in [0.2, 0.25) is 0 Å². The van der Waals surface area contributed by atoms with E-state index in [0.717, 1.165) is 36.2 Å². The fourth-order valence-corrected chi connectivity index (χ4v) is 3.79. The van der Waals surface area contributed by atoms with Gasteiger partial charge < -0.3 is 10.6 Å². The molecule has 3 rings (SSSR count). The van der Waals surface area contributed by atoms with Crippen molar-refractivity contribution in [2.75, 3.05) is 29.0 Å². The monoisotopic (exact) mass is 398 g/mol. The van der Waals surface area contributed by atoms with Crippen LogP contribution in [0.1, 0.15) is 24.8 Å². The Labute approximate surface area is 166 Å². The Kier molecular flexibility index (Phi) is 6.36. The van der Waals surface area contributed by atoms with Crippen molar-refractivity contribution in [3.63, 3.8) is 0 Å². The predicted molar refractivity (Wildman–Crippen MR) is 118 cm³/mol. The molecular weight excluding hydrogens is 372 g/mol. The second kappa shape index (κ2) is 8.93. The van der Waals surface area contributed by atoms with E-state index in [0.29, 0.717) is 5.69 Å². The third-order valence-corrected chi connectivity index (χ3v) is 5.21. The van der Waals surface area contributed by atoms with Crippen LogP contribution in [-0.4, -0.2) is 34.0 Å². The molecule has 0 bridgehead atoms. The van der Waals surface area contributed by atoms with E-state index >= 15 is 0 Å². The van der Waals surface area contributed by atoms with Gasteiger partial charge in [0.15, 0.2) is 0 Å². The van der Waals surface area contributed by atoms with Crippen LogP contribution in [0.3, 0.4) is 0 Å². The van der Waals surface area contributed by atoms with Crippen LogP contribution in [-0.2, 0) is 10.0 Å². The standard InChI is InChI=1S/C21H26N4O2S/c1-28(26,27)24-19-10-8-17(9-11-19)18(15-22)16-23-20-6-5-7-21(14-20)25-12-3-2-4-13-25/h5-11,14-16,24H,2-4,12-13,22H2,1H3. The Bertz CT molecular complexity index is 960. The molecular formula is C21H26N4O2S. The van der Waals surface area contributed by atoms with Crippen molar-refractivity contribution in [3.05, 3.63) is 60.3 Å². The van der Waals surface area contributed by atoms with Crippen LogP contribution in [0.5, 0.6) is 0 Å². The Morgan fingerprint density at radius 2 is 1.82 bits per heavy atom. The number of nitrogens with one attached hydrogen (secondary N) is 1. The van der Waals surface area contributed by atoms with E-state index in [4.69, 9.17) is 5.73 Å². The summed E-state index contributed by atoms with van der Waals surface area (Å²) in [6.45, 7) is 2.18. The predicted octanol–water partition coefficient (Wildman–Crippen LogP) is 3.75. The SMILES string of the molecule is CS(=O)(=O)Nc1ccc(C(C=Nc2cccc(N3CCCCC3)c2)=CN)cc1. The molecule has 7 heteroatoms. The molecule has 0 aromatic heterocycles. The minimum absolute atomic E-state index is 0.508. The van der Waals surface area contributed by atoms with Crippen molar-refractivity contribution in [2.24, 2.45) is 10.7 Å². The summed E-state index contributed by atoms with van der Waals surface area (Å²) in [5.41, 5.74) is 9.98. The Morgan fingerprint density at radius 1 is 1.11 bits per heavy atom. The minimum atomic E-state index is -3.30. The molecule has 1 saturated heterocycles. The molecule has 0 radical (unpaired) electrons. The highest BCUT2D eigenvalue weighted by molar-refractivity contribution is 7.92. The molecule has 0 aliphatic carbocycles. The van der Waals surface area contributed by atoms with Gasteiger partial charge in [0.25, 0.3) is 0 Å². The topological polar surface area (TPSA) is 87.8 Å². The molecule has 0 saturated carbocycles. The van der Waals surface area contributed by atoms with Gasteiger partial charge in [0.2, 0.25) is 10.0 Å². The van der Waals surface area contributed by atoms with Crippen molar-refractivity contribution in [3.8, 4) is 0 Å². The van der Waals surface area contributed by atoms with E-state index in [1.54, 1.807) is 18.3 Å². The van der Waals surface area contributed by atoms with Crippen molar-refractivity contribution < 1.29 is 8.42 Å². The summed E-state index contributed by atoms with van der Waals surface area (Å²) in [5.74, 6) is 0.